The number of nitrogens with zero attached hydrogens (tertiary/aromatic N) is 2. The van der Waals surface area contributed by atoms with Gasteiger partial charge in [0.1, 0.15) is 6.61 Å². The fourth-order valence-corrected chi connectivity index (χ4v) is 3.70. The fourth-order valence-electron chi connectivity index (χ4n) is 2.36. The third kappa shape index (κ3) is 4.56. The molecule has 0 spiro atoms. The number of benzene rings is 2. The molecule has 0 atom stereocenters. The summed E-state index contributed by atoms with van der Waals surface area (Å²) in [5, 5.41) is 11.3. The van der Waals surface area contributed by atoms with Crippen LogP contribution in [-0.4, -0.2) is 18.3 Å². The van der Waals surface area contributed by atoms with Crippen LogP contribution < -0.4 is 9.46 Å². The molecule has 8 nitrogen and oxygen atoms in total. The normalized spacial score (nSPS) is 11.0. The number of nitrogens with one attached hydrogen (secondary N) is 1. The molecule has 0 aliphatic rings. The number of anilines is 1. The molecule has 0 aliphatic heterocycles. The van der Waals surface area contributed by atoms with E-state index in [1.165, 1.54) is 12.3 Å². The molecule has 0 bridgehead atoms. The van der Waals surface area contributed by atoms with Gasteiger partial charge in [-0.05, 0) is 29.8 Å². The minimum Gasteiger partial charge on any atom is -0.485 e. The van der Waals surface area contributed by atoms with Crippen molar-refractivity contribution in [2.24, 2.45) is 0 Å². The molecule has 0 aliphatic carbocycles. The van der Waals surface area contributed by atoms with Crippen LogP contribution in [0.25, 0.3) is 0 Å². The lowest BCUT2D eigenvalue weighted by molar-refractivity contribution is -0.387. The van der Waals surface area contributed by atoms with Crippen LogP contribution in [-0.2, 0) is 16.6 Å². The number of hydrogen-bond donors (Lipinski definition) is 1. The van der Waals surface area contributed by atoms with E-state index in [0.717, 1.165) is 17.7 Å². The highest BCUT2D eigenvalue weighted by Crippen LogP contribution is 2.30. The summed E-state index contributed by atoms with van der Waals surface area (Å²) in [6.45, 7) is 0.197. The summed E-state index contributed by atoms with van der Waals surface area (Å²) in [7, 11) is -4.30. The van der Waals surface area contributed by atoms with E-state index in [9.17, 15) is 18.5 Å². The SMILES string of the molecule is O=[N+]([O-])c1cc(Cl)ccc1S(=O)(=O)Nc1ncccc1OCc1ccccc1. The summed E-state index contributed by atoms with van der Waals surface area (Å²) in [4.78, 5) is 13.9. The molecule has 2 aromatic carbocycles. The van der Waals surface area contributed by atoms with Crippen molar-refractivity contribution >= 4 is 33.1 Å². The molecule has 3 rings (SSSR count). The Labute approximate surface area is 166 Å². The number of aromatic nitrogens is 1. The van der Waals surface area contributed by atoms with Crippen LogP contribution in [0.4, 0.5) is 11.5 Å². The topological polar surface area (TPSA) is 111 Å². The molecule has 0 fully saturated rings. The zero-order valence-electron chi connectivity index (χ0n) is 14.3. The summed E-state index contributed by atoms with van der Waals surface area (Å²) in [6, 6.07) is 15.7. The Balaban J connectivity index is 1.88. The van der Waals surface area contributed by atoms with Gasteiger partial charge in [0.15, 0.2) is 16.5 Å². The van der Waals surface area contributed by atoms with E-state index in [4.69, 9.17) is 16.3 Å². The third-order valence-electron chi connectivity index (χ3n) is 3.65. The second-order valence-electron chi connectivity index (χ2n) is 5.60. The second-order valence-corrected chi connectivity index (χ2v) is 7.69. The quantitative estimate of drug-likeness (QED) is 0.457. The van der Waals surface area contributed by atoms with Gasteiger partial charge in [-0.2, -0.15) is 0 Å². The summed E-state index contributed by atoms with van der Waals surface area (Å²) in [5.74, 6) is 0.106. The summed E-state index contributed by atoms with van der Waals surface area (Å²) < 4.78 is 33.3. The van der Waals surface area contributed by atoms with Gasteiger partial charge in [-0.3, -0.25) is 14.8 Å². The monoisotopic (exact) mass is 419 g/mol. The number of hydrogen-bond acceptors (Lipinski definition) is 6. The highest BCUT2D eigenvalue weighted by molar-refractivity contribution is 7.92. The lowest BCUT2D eigenvalue weighted by Crippen LogP contribution is -2.16. The van der Waals surface area contributed by atoms with Gasteiger partial charge < -0.3 is 4.74 Å². The van der Waals surface area contributed by atoms with Gasteiger partial charge in [-0.15, -0.1) is 0 Å². The van der Waals surface area contributed by atoms with Crippen molar-refractivity contribution in [2.75, 3.05) is 4.72 Å². The van der Waals surface area contributed by atoms with Crippen molar-refractivity contribution in [1.82, 2.24) is 4.98 Å². The first-order chi connectivity index (χ1) is 13.4. The Morgan fingerprint density at radius 2 is 1.86 bits per heavy atom. The zero-order chi connectivity index (χ0) is 20.1. The van der Waals surface area contributed by atoms with Gasteiger partial charge in [0.25, 0.3) is 15.7 Å². The number of ether oxygens (including phenoxy) is 1. The van der Waals surface area contributed by atoms with Crippen LogP contribution in [0.1, 0.15) is 5.56 Å². The molecule has 1 N–H and O–H groups in total. The second kappa shape index (κ2) is 8.24. The Morgan fingerprint density at radius 1 is 1.11 bits per heavy atom. The molecular weight excluding hydrogens is 406 g/mol. The van der Waals surface area contributed by atoms with Crippen molar-refractivity contribution in [2.45, 2.75) is 11.5 Å². The predicted molar refractivity (Wildman–Crippen MR) is 104 cm³/mol. The smallest absolute Gasteiger partial charge is 0.291 e. The Hall–Kier alpha value is -3.17. The van der Waals surface area contributed by atoms with E-state index in [1.54, 1.807) is 12.1 Å². The molecule has 0 saturated heterocycles. The molecule has 0 unspecified atom stereocenters. The maximum absolute atomic E-state index is 12.7. The lowest BCUT2D eigenvalue weighted by atomic mass is 10.2. The minimum absolute atomic E-state index is 0.0513. The number of halogens is 1. The lowest BCUT2D eigenvalue weighted by Gasteiger charge is -2.13. The van der Waals surface area contributed by atoms with Crippen LogP contribution >= 0.6 is 11.6 Å². The fraction of sp³-hybridized carbons (Fsp3) is 0.0556. The molecule has 3 aromatic rings. The standard InChI is InChI=1S/C18H14ClN3O5S/c19-14-8-9-17(15(11-14)22(23)24)28(25,26)21-18-16(7-4-10-20-18)27-12-13-5-2-1-3-6-13/h1-11H,12H2,(H,20,21). The Bertz CT molecular complexity index is 1110. The molecule has 10 heteroatoms. The number of nitro groups is 1. The van der Waals surface area contributed by atoms with Crippen LogP contribution in [0.3, 0.4) is 0 Å². The molecule has 0 radical (unpaired) electrons. The van der Waals surface area contributed by atoms with E-state index < -0.39 is 25.5 Å². The molecular formula is C18H14ClN3O5S. The number of rotatable bonds is 7. The zero-order valence-corrected chi connectivity index (χ0v) is 15.9. The maximum atomic E-state index is 12.7. The molecule has 1 heterocycles. The van der Waals surface area contributed by atoms with Crippen molar-refractivity contribution in [3.63, 3.8) is 0 Å². The first-order valence-electron chi connectivity index (χ1n) is 7.95. The van der Waals surface area contributed by atoms with Gasteiger partial charge in [0, 0.05) is 17.3 Å². The third-order valence-corrected chi connectivity index (χ3v) is 5.27. The first kappa shape index (κ1) is 19.6. The first-order valence-corrected chi connectivity index (χ1v) is 9.81. The molecule has 0 saturated carbocycles. The largest absolute Gasteiger partial charge is 0.485 e. The van der Waals surface area contributed by atoms with Crippen molar-refractivity contribution in [1.29, 1.82) is 0 Å². The van der Waals surface area contributed by atoms with E-state index >= 15 is 0 Å². The number of sulfonamides is 1. The molecule has 1 aromatic heterocycles. The van der Waals surface area contributed by atoms with E-state index in [1.807, 2.05) is 30.3 Å². The van der Waals surface area contributed by atoms with Gasteiger partial charge in [-0.25, -0.2) is 13.4 Å². The summed E-state index contributed by atoms with van der Waals surface area (Å²) >= 11 is 5.74. The molecule has 0 amide bonds. The van der Waals surface area contributed by atoms with Crippen LogP contribution in [0, 0.1) is 10.1 Å². The van der Waals surface area contributed by atoms with Crippen molar-refractivity contribution in [3.05, 3.63) is 87.6 Å². The Morgan fingerprint density at radius 3 is 2.57 bits per heavy atom. The maximum Gasteiger partial charge on any atom is 0.291 e. The van der Waals surface area contributed by atoms with Crippen molar-refractivity contribution in [3.8, 4) is 5.75 Å². The number of pyridine rings is 1. The van der Waals surface area contributed by atoms with E-state index in [0.29, 0.717) is 0 Å². The average molecular weight is 420 g/mol. The van der Waals surface area contributed by atoms with E-state index in [2.05, 4.69) is 9.71 Å². The van der Waals surface area contributed by atoms with Gasteiger partial charge >= 0.3 is 0 Å². The average Bonchev–Trinajstić information content (AvgIpc) is 2.67. The molecule has 28 heavy (non-hydrogen) atoms. The van der Waals surface area contributed by atoms with Crippen molar-refractivity contribution < 1.29 is 18.1 Å². The minimum atomic E-state index is -4.30. The van der Waals surface area contributed by atoms with Gasteiger partial charge in [0.2, 0.25) is 0 Å². The van der Waals surface area contributed by atoms with Crippen LogP contribution in [0.5, 0.6) is 5.75 Å². The highest BCUT2D eigenvalue weighted by Gasteiger charge is 2.27. The van der Waals surface area contributed by atoms with Gasteiger partial charge in [-0.1, -0.05) is 41.9 Å². The van der Waals surface area contributed by atoms with Crippen LogP contribution in [0.2, 0.25) is 5.02 Å². The Kier molecular flexibility index (Phi) is 5.76. The summed E-state index contributed by atoms with van der Waals surface area (Å²) in [6.07, 6.45) is 1.38. The molecule has 144 valence electrons. The van der Waals surface area contributed by atoms with Gasteiger partial charge in [0.05, 0.1) is 4.92 Å². The number of nitro benzene ring substituents is 1. The van der Waals surface area contributed by atoms with Crippen LogP contribution in [0.15, 0.2) is 71.8 Å². The summed E-state index contributed by atoms with van der Waals surface area (Å²) in [5.41, 5.74) is 0.246. The highest BCUT2D eigenvalue weighted by atomic mass is 35.5. The van der Waals surface area contributed by atoms with E-state index in [-0.39, 0.29) is 23.2 Å². The predicted octanol–water partition coefficient (Wildman–Crippen LogP) is 4.02.